The number of likely N-dealkylation sites (tertiary alicyclic amines) is 1. The van der Waals surface area contributed by atoms with E-state index in [4.69, 9.17) is 0 Å². The third-order valence-corrected chi connectivity index (χ3v) is 5.93. The van der Waals surface area contributed by atoms with E-state index in [2.05, 4.69) is 31.8 Å². The molecule has 2 aromatic heterocycles. The van der Waals surface area contributed by atoms with Crippen LogP contribution in [0.15, 0.2) is 36.7 Å². The number of benzene rings is 1. The highest BCUT2D eigenvalue weighted by atomic mass is 16.2. The topological polar surface area (TPSA) is 78.0 Å². The lowest BCUT2D eigenvalue weighted by molar-refractivity contribution is 0.0587. The summed E-state index contributed by atoms with van der Waals surface area (Å²) in [5.41, 5.74) is 2.72. The normalized spacial score (nSPS) is 20.4. The average Bonchev–Trinajstić information content (AvgIpc) is 3.12. The maximum absolute atomic E-state index is 12.8. The number of H-pyrrole nitrogens is 1. The molecule has 1 aromatic carbocycles. The fourth-order valence-corrected chi connectivity index (χ4v) is 4.28. The van der Waals surface area contributed by atoms with Crippen molar-refractivity contribution in [3.63, 3.8) is 0 Å². The van der Waals surface area contributed by atoms with Gasteiger partial charge in [0.05, 0.1) is 16.7 Å². The molecule has 2 aliphatic heterocycles. The average molecular weight is 376 g/mol. The summed E-state index contributed by atoms with van der Waals surface area (Å²) >= 11 is 0. The molecule has 1 N–H and O–H groups in total. The molecule has 7 heteroatoms. The summed E-state index contributed by atoms with van der Waals surface area (Å²) < 4.78 is 0. The van der Waals surface area contributed by atoms with Crippen LogP contribution in [0, 0.1) is 0 Å². The zero-order chi connectivity index (χ0) is 19.1. The van der Waals surface area contributed by atoms with Crippen LogP contribution in [-0.2, 0) is 0 Å². The molecule has 1 amide bonds. The third kappa shape index (κ3) is 2.91. The Kier molecular flexibility index (Phi) is 4.22. The number of amides is 1. The van der Waals surface area contributed by atoms with E-state index in [0.29, 0.717) is 25.0 Å². The van der Waals surface area contributed by atoms with Crippen molar-refractivity contribution in [2.75, 3.05) is 24.5 Å². The molecule has 0 bridgehead atoms. The van der Waals surface area contributed by atoms with Crippen molar-refractivity contribution in [1.82, 2.24) is 24.8 Å². The van der Waals surface area contributed by atoms with Crippen molar-refractivity contribution in [1.29, 1.82) is 0 Å². The van der Waals surface area contributed by atoms with E-state index in [0.717, 1.165) is 29.1 Å². The lowest BCUT2D eigenvalue weighted by Gasteiger charge is -2.41. The number of nitrogens with one attached hydrogen (secondary N) is 1. The molecule has 2 fully saturated rings. The lowest BCUT2D eigenvalue weighted by Crippen LogP contribution is -2.50. The molecule has 28 heavy (non-hydrogen) atoms. The fraction of sp³-hybridized carbons (Fsp3) is 0.429. The second kappa shape index (κ2) is 6.89. The molecule has 0 radical (unpaired) electrons. The number of anilines is 1. The van der Waals surface area contributed by atoms with Gasteiger partial charge >= 0.3 is 0 Å². The molecule has 5 rings (SSSR count). The van der Waals surface area contributed by atoms with Gasteiger partial charge in [-0.15, -0.1) is 0 Å². The van der Waals surface area contributed by atoms with Gasteiger partial charge < -0.3 is 14.8 Å². The number of carbonyl (C=O) groups is 1. The summed E-state index contributed by atoms with van der Waals surface area (Å²) in [6.07, 6.45) is 7.20. The summed E-state index contributed by atoms with van der Waals surface area (Å²) in [7, 11) is 0. The number of hydrogen-bond donors (Lipinski definition) is 1. The highest BCUT2D eigenvalue weighted by molar-refractivity contribution is 5.94. The number of nitrogens with zero attached hydrogens (tertiary/aromatic N) is 5. The largest absolute Gasteiger partial charge is 0.352 e. The molecule has 0 saturated carbocycles. The first-order valence-electron chi connectivity index (χ1n) is 10.0. The van der Waals surface area contributed by atoms with E-state index in [1.165, 1.54) is 19.3 Å². The Morgan fingerprint density at radius 1 is 1.14 bits per heavy atom. The van der Waals surface area contributed by atoms with Crippen LogP contribution in [0.2, 0.25) is 0 Å². The van der Waals surface area contributed by atoms with Gasteiger partial charge in [0.15, 0.2) is 11.6 Å². The van der Waals surface area contributed by atoms with E-state index in [9.17, 15) is 4.79 Å². The van der Waals surface area contributed by atoms with Crippen LogP contribution < -0.4 is 4.90 Å². The predicted octanol–water partition coefficient (Wildman–Crippen LogP) is 2.97. The predicted molar refractivity (Wildman–Crippen MR) is 107 cm³/mol. The van der Waals surface area contributed by atoms with Crippen LogP contribution in [-0.4, -0.2) is 56.4 Å². The van der Waals surface area contributed by atoms with E-state index < -0.39 is 0 Å². The number of piperidine rings is 1. The molecule has 144 valence electrons. The quantitative estimate of drug-likeness (QED) is 0.760. The van der Waals surface area contributed by atoms with Crippen LogP contribution in [0.25, 0.3) is 11.0 Å². The van der Waals surface area contributed by atoms with Crippen LogP contribution in [0.4, 0.5) is 5.82 Å². The number of hydrogen-bond acceptors (Lipinski definition) is 5. The first-order chi connectivity index (χ1) is 13.7. The maximum Gasteiger partial charge on any atom is 0.289 e. The van der Waals surface area contributed by atoms with Gasteiger partial charge in [-0.05, 0) is 38.3 Å². The van der Waals surface area contributed by atoms with Gasteiger partial charge in [0, 0.05) is 44.0 Å². The molecule has 7 nitrogen and oxygen atoms in total. The Morgan fingerprint density at radius 2 is 1.96 bits per heavy atom. The van der Waals surface area contributed by atoms with Crippen molar-refractivity contribution in [2.24, 2.45) is 0 Å². The minimum atomic E-state index is -0.0516. The van der Waals surface area contributed by atoms with Gasteiger partial charge in [-0.1, -0.05) is 12.1 Å². The fourth-order valence-electron chi connectivity index (χ4n) is 4.28. The van der Waals surface area contributed by atoms with Crippen LogP contribution in [0.3, 0.4) is 0 Å². The molecule has 1 atom stereocenters. The molecule has 2 saturated heterocycles. The zero-order valence-electron chi connectivity index (χ0n) is 16.0. The maximum atomic E-state index is 12.8. The van der Waals surface area contributed by atoms with E-state index in [-0.39, 0.29) is 11.8 Å². The molecule has 0 spiro atoms. The molecule has 3 aromatic rings. The lowest BCUT2D eigenvalue weighted by atomic mass is 9.94. The Hall–Kier alpha value is -2.96. The van der Waals surface area contributed by atoms with Gasteiger partial charge in [0.2, 0.25) is 0 Å². The first-order valence-corrected chi connectivity index (χ1v) is 10.0. The Balaban J connectivity index is 1.32. The van der Waals surface area contributed by atoms with Gasteiger partial charge in [-0.3, -0.25) is 9.78 Å². The zero-order valence-corrected chi connectivity index (χ0v) is 16.0. The summed E-state index contributed by atoms with van der Waals surface area (Å²) in [6.45, 7) is 4.60. The number of aromatic amines is 1. The summed E-state index contributed by atoms with van der Waals surface area (Å²) in [6, 6.07) is 8.19. The number of rotatable bonds is 3. The summed E-state index contributed by atoms with van der Waals surface area (Å²) in [5.74, 6) is 1.58. The van der Waals surface area contributed by atoms with E-state index in [1.807, 2.05) is 29.2 Å². The van der Waals surface area contributed by atoms with Crippen molar-refractivity contribution in [3.05, 3.63) is 48.2 Å². The van der Waals surface area contributed by atoms with Crippen LogP contribution in [0.5, 0.6) is 0 Å². The molecule has 0 aliphatic carbocycles. The first kappa shape index (κ1) is 17.2. The minimum absolute atomic E-state index is 0.0516. The summed E-state index contributed by atoms with van der Waals surface area (Å²) in [5, 5.41) is 0. The smallest absolute Gasteiger partial charge is 0.289 e. The summed E-state index contributed by atoms with van der Waals surface area (Å²) in [4.78, 5) is 33.9. The second-order valence-electron chi connectivity index (χ2n) is 7.81. The van der Waals surface area contributed by atoms with Crippen molar-refractivity contribution < 1.29 is 4.79 Å². The highest BCUT2D eigenvalue weighted by Gasteiger charge is 2.37. The van der Waals surface area contributed by atoms with Crippen molar-refractivity contribution >= 4 is 22.8 Å². The minimum Gasteiger partial charge on any atom is -0.352 e. The third-order valence-electron chi connectivity index (χ3n) is 5.93. The Morgan fingerprint density at radius 3 is 2.79 bits per heavy atom. The molecule has 2 aliphatic rings. The molecular weight excluding hydrogens is 352 g/mol. The highest BCUT2D eigenvalue weighted by Crippen LogP contribution is 2.34. The van der Waals surface area contributed by atoms with Gasteiger partial charge in [0.25, 0.3) is 5.91 Å². The molecule has 4 heterocycles. The van der Waals surface area contributed by atoms with Crippen molar-refractivity contribution in [3.8, 4) is 0 Å². The second-order valence-corrected chi connectivity index (χ2v) is 7.81. The van der Waals surface area contributed by atoms with E-state index >= 15 is 0 Å². The monoisotopic (exact) mass is 376 g/mol. The van der Waals surface area contributed by atoms with E-state index in [1.54, 1.807) is 12.4 Å². The van der Waals surface area contributed by atoms with Crippen LogP contribution >= 0.6 is 0 Å². The van der Waals surface area contributed by atoms with Gasteiger partial charge in [0.1, 0.15) is 0 Å². The molecular formula is C21H24N6O. The standard InChI is InChI=1S/C21H24N6O/c1-14-6-4-5-11-27(14)20-18(22-9-10-23-20)15-12-26(13-15)21(28)19-24-16-7-2-3-8-17(16)25-19/h2-3,7-10,14-15H,4-6,11-13H2,1H3,(H,24,25). The Bertz CT molecular complexity index is 976. The Labute approximate surface area is 163 Å². The number of fused-ring (bicyclic) bond motifs is 1. The number of para-hydroxylation sites is 2. The number of aromatic nitrogens is 4. The van der Waals surface area contributed by atoms with Gasteiger partial charge in [-0.2, -0.15) is 0 Å². The number of carbonyl (C=O) groups excluding carboxylic acids is 1. The SMILES string of the molecule is CC1CCCCN1c1nccnc1C1CN(C(=O)c2nc3ccccc3[nH]2)C1. The van der Waals surface area contributed by atoms with Crippen LogP contribution in [0.1, 0.15) is 48.4 Å². The molecule has 1 unspecified atom stereocenters. The van der Waals surface area contributed by atoms with Crippen molar-refractivity contribution in [2.45, 2.75) is 38.1 Å². The van der Waals surface area contributed by atoms with Gasteiger partial charge in [-0.25, -0.2) is 9.97 Å². The number of imidazole rings is 1.